The van der Waals surface area contributed by atoms with Gasteiger partial charge in [-0.25, -0.2) is 0 Å². The Bertz CT molecular complexity index is 235. The van der Waals surface area contributed by atoms with Crippen molar-refractivity contribution in [3.05, 3.63) is 10.8 Å². The molecule has 0 amide bonds. The average Bonchev–Trinajstić information content (AvgIpc) is 1.98. The molecule has 0 spiro atoms. The maximum absolute atomic E-state index is 2.61. The normalized spacial score (nSPS) is 15.6. The number of nitrogens with zero attached hydrogens (tertiary/aromatic N) is 1. The highest BCUT2D eigenvalue weighted by Crippen LogP contribution is 2.25. The quantitative estimate of drug-likeness (QED) is 0.687. The largest absolute Gasteiger partial charge is 0.293 e. The third-order valence-electron chi connectivity index (χ3n) is 3.18. The molecule has 0 heterocycles. The molecule has 0 bridgehead atoms. The van der Waals surface area contributed by atoms with E-state index in [2.05, 4.69) is 60.3 Å². The monoisotopic (exact) mass is 241 g/mol. The minimum atomic E-state index is 0.248. The average molecular weight is 241 g/mol. The van der Waals surface area contributed by atoms with Crippen molar-refractivity contribution in [3.63, 3.8) is 0 Å². The van der Waals surface area contributed by atoms with Gasteiger partial charge in [0.2, 0.25) is 0 Å². The van der Waals surface area contributed by atoms with Gasteiger partial charge in [-0.2, -0.15) is 0 Å². The van der Waals surface area contributed by atoms with E-state index >= 15 is 0 Å². The Hall–Kier alpha value is -0.0831. The first kappa shape index (κ1) is 15.9. The fourth-order valence-corrected chi connectivity index (χ4v) is 2.46. The Labute approximate surface area is 106 Å². The van der Waals surface area contributed by atoms with Crippen molar-refractivity contribution in [3.8, 4) is 0 Å². The zero-order valence-electron chi connectivity index (χ0n) is 12.9. The summed E-state index contributed by atoms with van der Waals surface area (Å²) in [5.41, 5.74) is 2.08. The lowest BCUT2D eigenvalue weighted by Gasteiger charge is -2.45. The van der Waals surface area contributed by atoms with Gasteiger partial charge in [0.25, 0.3) is 0 Å². The van der Waals surface area contributed by atoms with Crippen LogP contribution in [0.4, 0.5) is 0 Å². The van der Waals surface area contributed by atoms with Crippen LogP contribution in [0.1, 0.15) is 61.8 Å². The second-order valence-electron chi connectivity index (χ2n) is 7.02. The topological polar surface area (TPSA) is 3.24 Å². The number of rotatable bonds is 3. The molecular formula is C14H31NSi. The first-order chi connectivity index (χ1) is 6.96. The van der Waals surface area contributed by atoms with Gasteiger partial charge in [-0.05, 0) is 61.8 Å². The Morgan fingerprint density at radius 1 is 0.938 bits per heavy atom. The van der Waals surface area contributed by atoms with E-state index in [1.807, 2.05) is 0 Å². The first-order valence-electron chi connectivity index (χ1n) is 6.37. The number of hydrogen-bond acceptors (Lipinski definition) is 1. The Morgan fingerprint density at radius 2 is 1.31 bits per heavy atom. The minimum Gasteiger partial charge on any atom is -0.293 e. The second kappa shape index (κ2) is 5.50. The van der Waals surface area contributed by atoms with Crippen molar-refractivity contribution in [2.24, 2.45) is 0 Å². The van der Waals surface area contributed by atoms with Crippen molar-refractivity contribution < 1.29 is 0 Å². The molecule has 96 valence electrons. The van der Waals surface area contributed by atoms with Crippen LogP contribution >= 0.6 is 0 Å². The van der Waals surface area contributed by atoms with E-state index in [4.69, 9.17) is 0 Å². The minimum absolute atomic E-state index is 0.248. The summed E-state index contributed by atoms with van der Waals surface area (Å²) in [5, 5.41) is 1.60. The molecule has 0 aliphatic rings. The van der Waals surface area contributed by atoms with Crippen LogP contribution < -0.4 is 0 Å². The Kier molecular flexibility index (Phi) is 5.47. The standard InChI is InChI=1S/C14H31NSi/c1-11(12(2)16)9-10-15(13(3,4)5)14(6,7)8/h9-10H2,1-8,16H3. The Morgan fingerprint density at radius 3 is 1.56 bits per heavy atom. The molecule has 1 nitrogen and oxygen atoms in total. The van der Waals surface area contributed by atoms with E-state index < -0.39 is 0 Å². The molecule has 0 aliphatic carbocycles. The maximum Gasteiger partial charge on any atom is 0.0328 e. The smallest absolute Gasteiger partial charge is 0.0328 e. The van der Waals surface area contributed by atoms with Gasteiger partial charge in [0.15, 0.2) is 0 Å². The van der Waals surface area contributed by atoms with Gasteiger partial charge in [-0.1, -0.05) is 10.8 Å². The van der Waals surface area contributed by atoms with Crippen molar-refractivity contribution in [1.82, 2.24) is 4.90 Å². The molecule has 0 N–H and O–H groups in total. The molecule has 16 heavy (non-hydrogen) atoms. The molecule has 0 aliphatic heterocycles. The van der Waals surface area contributed by atoms with Gasteiger partial charge in [-0.15, -0.1) is 0 Å². The molecule has 0 rings (SSSR count). The lowest BCUT2D eigenvalue weighted by molar-refractivity contribution is 0.0398. The molecule has 0 fully saturated rings. The Balaban J connectivity index is 4.68. The summed E-state index contributed by atoms with van der Waals surface area (Å²) < 4.78 is 0. The summed E-state index contributed by atoms with van der Waals surface area (Å²) >= 11 is 0. The van der Waals surface area contributed by atoms with Gasteiger partial charge in [0.05, 0.1) is 0 Å². The van der Waals surface area contributed by atoms with Crippen LogP contribution in [0.2, 0.25) is 0 Å². The van der Waals surface area contributed by atoms with E-state index in [0.717, 1.165) is 0 Å². The van der Waals surface area contributed by atoms with Crippen LogP contribution in [-0.2, 0) is 0 Å². The first-order valence-corrected chi connectivity index (χ1v) is 7.37. The van der Waals surface area contributed by atoms with Crippen LogP contribution in [0, 0.1) is 0 Å². The summed E-state index contributed by atoms with van der Waals surface area (Å²) in [5.74, 6) is 0. The fraction of sp³-hybridized carbons (Fsp3) is 0.857. The van der Waals surface area contributed by atoms with Crippen molar-refractivity contribution >= 4 is 10.2 Å². The van der Waals surface area contributed by atoms with Gasteiger partial charge < -0.3 is 0 Å². The van der Waals surface area contributed by atoms with E-state index in [1.165, 1.54) is 23.2 Å². The SMILES string of the molecule is CC([SiH3])=C(C)CCN(C(C)(C)C)C(C)(C)C. The molecule has 0 saturated carbocycles. The van der Waals surface area contributed by atoms with E-state index in [1.54, 1.807) is 10.8 Å². The molecule has 0 aromatic heterocycles. The van der Waals surface area contributed by atoms with Gasteiger partial charge >= 0.3 is 0 Å². The lowest BCUT2D eigenvalue weighted by Crippen LogP contribution is -2.52. The molecule has 0 aromatic rings. The van der Waals surface area contributed by atoms with Crippen LogP contribution in [0.15, 0.2) is 10.8 Å². The van der Waals surface area contributed by atoms with Crippen molar-refractivity contribution in [2.45, 2.75) is 72.9 Å². The summed E-state index contributed by atoms with van der Waals surface area (Å²) in [7, 11) is 1.20. The van der Waals surface area contributed by atoms with Gasteiger partial charge in [0, 0.05) is 27.9 Å². The second-order valence-corrected chi connectivity index (χ2v) is 8.52. The lowest BCUT2D eigenvalue weighted by atomic mass is 9.95. The third kappa shape index (κ3) is 5.31. The fourth-order valence-electron chi connectivity index (χ4n) is 2.21. The molecule has 0 radical (unpaired) electrons. The highest BCUT2D eigenvalue weighted by atomic mass is 28.1. The summed E-state index contributed by atoms with van der Waals surface area (Å²) in [6.07, 6.45) is 1.21. The van der Waals surface area contributed by atoms with E-state index in [9.17, 15) is 0 Å². The molecule has 0 saturated heterocycles. The van der Waals surface area contributed by atoms with Crippen molar-refractivity contribution in [2.75, 3.05) is 6.54 Å². The van der Waals surface area contributed by atoms with E-state index in [0.29, 0.717) is 0 Å². The molecule has 0 atom stereocenters. The van der Waals surface area contributed by atoms with E-state index in [-0.39, 0.29) is 11.1 Å². The maximum atomic E-state index is 2.61. The summed E-state index contributed by atoms with van der Waals surface area (Å²) in [6, 6.07) is 0. The highest BCUT2D eigenvalue weighted by Gasteiger charge is 2.30. The zero-order valence-corrected chi connectivity index (χ0v) is 14.9. The molecule has 0 aromatic carbocycles. The predicted octanol–water partition coefficient (Wildman–Crippen LogP) is 2.93. The zero-order chi connectivity index (χ0) is 13.1. The van der Waals surface area contributed by atoms with Gasteiger partial charge in [-0.3, -0.25) is 4.90 Å². The number of hydrogen-bond donors (Lipinski definition) is 0. The molecular weight excluding hydrogens is 210 g/mol. The predicted molar refractivity (Wildman–Crippen MR) is 79.1 cm³/mol. The third-order valence-corrected chi connectivity index (χ3v) is 4.04. The van der Waals surface area contributed by atoms with Gasteiger partial charge in [0.1, 0.15) is 0 Å². The van der Waals surface area contributed by atoms with Crippen LogP contribution in [-0.4, -0.2) is 32.8 Å². The van der Waals surface area contributed by atoms with Crippen molar-refractivity contribution in [1.29, 1.82) is 0 Å². The summed E-state index contributed by atoms with van der Waals surface area (Å²) in [6.45, 7) is 19.6. The molecule has 0 unspecified atom stereocenters. The summed E-state index contributed by atoms with van der Waals surface area (Å²) in [4.78, 5) is 2.61. The van der Waals surface area contributed by atoms with Crippen LogP contribution in [0.3, 0.4) is 0 Å². The number of allylic oxidation sites excluding steroid dienone is 1. The molecule has 2 heteroatoms. The highest BCUT2D eigenvalue weighted by molar-refractivity contribution is 6.21. The van der Waals surface area contributed by atoms with Crippen LogP contribution in [0.5, 0.6) is 0 Å². The van der Waals surface area contributed by atoms with Crippen LogP contribution in [0.25, 0.3) is 0 Å².